The summed E-state index contributed by atoms with van der Waals surface area (Å²) in [7, 11) is 1.92. The number of carbonyl (C=O) groups is 1. The van der Waals surface area contributed by atoms with E-state index in [4.69, 9.17) is 4.74 Å². The van der Waals surface area contributed by atoms with E-state index in [0.29, 0.717) is 17.9 Å². The van der Waals surface area contributed by atoms with Gasteiger partial charge in [-0.3, -0.25) is 9.78 Å². The predicted octanol–water partition coefficient (Wildman–Crippen LogP) is 3.52. The maximum absolute atomic E-state index is 12.7. The van der Waals surface area contributed by atoms with Crippen molar-refractivity contribution >= 4 is 5.91 Å². The summed E-state index contributed by atoms with van der Waals surface area (Å²) in [5.74, 6) is 1.69. The Morgan fingerprint density at radius 1 is 1.11 bits per heavy atom. The predicted molar refractivity (Wildman–Crippen MR) is 103 cm³/mol. The molecule has 0 spiro atoms. The first-order valence-corrected chi connectivity index (χ1v) is 8.94. The third-order valence-electron chi connectivity index (χ3n) is 4.42. The monoisotopic (exact) mass is 364 g/mol. The van der Waals surface area contributed by atoms with Crippen LogP contribution in [0, 0.1) is 5.92 Å². The number of hydrogen-bond acceptors (Lipinski definition) is 4. The van der Waals surface area contributed by atoms with Crippen molar-refractivity contribution in [3.05, 3.63) is 78.1 Å². The molecule has 6 nitrogen and oxygen atoms in total. The van der Waals surface area contributed by atoms with E-state index in [-0.39, 0.29) is 17.9 Å². The van der Waals surface area contributed by atoms with Crippen LogP contribution in [0.4, 0.5) is 0 Å². The summed E-state index contributed by atoms with van der Waals surface area (Å²) < 4.78 is 7.64. The van der Waals surface area contributed by atoms with E-state index in [1.165, 1.54) is 0 Å². The minimum absolute atomic E-state index is 0.0696. The zero-order valence-corrected chi connectivity index (χ0v) is 15.8. The van der Waals surface area contributed by atoms with Crippen LogP contribution in [0.15, 0.2) is 61.2 Å². The second-order valence-corrected chi connectivity index (χ2v) is 6.74. The molecule has 2 aromatic heterocycles. The first-order chi connectivity index (χ1) is 13.0. The number of carbonyl (C=O) groups excluding carboxylic acids is 1. The van der Waals surface area contributed by atoms with Gasteiger partial charge >= 0.3 is 0 Å². The van der Waals surface area contributed by atoms with Gasteiger partial charge < -0.3 is 14.6 Å². The topological polar surface area (TPSA) is 69.0 Å². The van der Waals surface area contributed by atoms with Gasteiger partial charge in [-0.15, -0.1) is 0 Å². The minimum Gasteiger partial charge on any atom is -0.486 e. The van der Waals surface area contributed by atoms with Crippen LogP contribution in [-0.2, 0) is 13.7 Å². The number of aromatic nitrogens is 3. The molecule has 1 amide bonds. The molecular formula is C21H24N4O2. The van der Waals surface area contributed by atoms with E-state index in [2.05, 4.69) is 29.1 Å². The SMILES string of the molecule is CC(C)[C@@H](NC(=O)c1ccc(OCc2nccn2C)cc1)c1ccncc1. The van der Waals surface area contributed by atoms with Crippen molar-refractivity contribution in [1.82, 2.24) is 19.9 Å². The Kier molecular flexibility index (Phi) is 5.86. The summed E-state index contributed by atoms with van der Waals surface area (Å²) >= 11 is 0. The maximum atomic E-state index is 12.7. The van der Waals surface area contributed by atoms with Gasteiger partial charge in [0, 0.05) is 37.4 Å². The van der Waals surface area contributed by atoms with E-state index < -0.39 is 0 Å². The normalized spacial score (nSPS) is 12.0. The average molecular weight is 364 g/mol. The molecule has 0 aliphatic heterocycles. The van der Waals surface area contributed by atoms with Crippen LogP contribution in [0.2, 0.25) is 0 Å². The largest absolute Gasteiger partial charge is 0.486 e. The Bertz CT molecular complexity index is 873. The van der Waals surface area contributed by atoms with Crippen molar-refractivity contribution < 1.29 is 9.53 Å². The molecule has 3 rings (SSSR count). The van der Waals surface area contributed by atoms with Gasteiger partial charge in [0.2, 0.25) is 0 Å². The molecule has 2 heterocycles. The van der Waals surface area contributed by atoms with Crippen molar-refractivity contribution in [2.75, 3.05) is 0 Å². The third-order valence-corrected chi connectivity index (χ3v) is 4.42. The van der Waals surface area contributed by atoms with Gasteiger partial charge in [-0.25, -0.2) is 4.98 Å². The molecule has 0 aliphatic carbocycles. The van der Waals surface area contributed by atoms with Crippen LogP contribution in [0.1, 0.15) is 41.6 Å². The molecule has 140 valence electrons. The molecule has 0 unspecified atom stereocenters. The van der Waals surface area contributed by atoms with Gasteiger partial charge in [-0.2, -0.15) is 0 Å². The number of nitrogens with zero attached hydrogens (tertiary/aromatic N) is 3. The zero-order valence-electron chi connectivity index (χ0n) is 15.8. The standard InChI is InChI=1S/C21H24N4O2/c1-15(2)20(16-8-10-22-11-9-16)24-21(26)17-4-6-18(7-5-17)27-14-19-23-12-13-25(19)3/h4-13,15,20H,14H2,1-3H3,(H,24,26)/t20-/m1/s1. The Morgan fingerprint density at radius 3 is 2.41 bits per heavy atom. The number of benzene rings is 1. The molecule has 0 bridgehead atoms. The number of aryl methyl sites for hydroxylation is 1. The molecule has 0 fully saturated rings. The van der Waals surface area contributed by atoms with E-state index in [1.807, 2.05) is 29.9 Å². The third kappa shape index (κ3) is 4.73. The molecule has 1 aromatic carbocycles. The van der Waals surface area contributed by atoms with Gasteiger partial charge in [0.15, 0.2) is 0 Å². The molecule has 0 radical (unpaired) electrons. The number of rotatable bonds is 7. The molecule has 0 saturated carbocycles. The molecule has 6 heteroatoms. The van der Waals surface area contributed by atoms with Crippen LogP contribution in [0.25, 0.3) is 0 Å². The average Bonchev–Trinajstić information content (AvgIpc) is 3.10. The first-order valence-electron chi connectivity index (χ1n) is 8.94. The van der Waals surface area contributed by atoms with Crippen molar-refractivity contribution in [3.63, 3.8) is 0 Å². The van der Waals surface area contributed by atoms with Crippen molar-refractivity contribution in [1.29, 1.82) is 0 Å². The van der Waals surface area contributed by atoms with E-state index in [9.17, 15) is 4.79 Å². The van der Waals surface area contributed by atoms with E-state index in [0.717, 1.165) is 11.4 Å². The van der Waals surface area contributed by atoms with Gasteiger partial charge in [0.05, 0.1) is 6.04 Å². The highest BCUT2D eigenvalue weighted by molar-refractivity contribution is 5.94. The van der Waals surface area contributed by atoms with Gasteiger partial charge in [0.25, 0.3) is 5.91 Å². The lowest BCUT2D eigenvalue weighted by molar-refractivity contribution is 0.0925. The molecule has 0 saturated heterocycles. The first kappa shape index (κ1) is 18.6. The summed E-state index contributed by atoms with van der Waals surface area (Å²) in [5.41, 5.74) is 1.64. The summed E-state index contributed by atoms with van der Waals surface area (Å²) in [5, 5.41) is 3.11. The summed E-state index contributed by atoms with van der Waals surface area (Å²) in [6.45, 7) is 4.55. The van der Waals surface area contributed by atoms with E-state index >= 15 is 0 Å². The van der Waals surface area contributed by atoms with Crippen LogP contribution in [-0.4, -0.2) is 20.4 Å². The van der Waals surface area contributed by atoms with Gasteiger partial charge in [0.1, 0.15) is 18.2 Å². The molecule has 27 heavy (non-hydrogen) atoms. The molecule has 3 aromatic rings. The molecule has 0 aliphatic rings. The number of hydrogen-bond donors (Lipinski definition) is 1. The van der Waals surface area contributed by atoms with Crippen LogP contribution in [0.5, 0.6) is 5.75 Å². The Hall–Kier alpha value is -3.15. The molecule has 1 atom stereocenters. The van der Waals surface area contributed by atoms with Crippen LogP contribution < -0.4 is 10.1 Å². The lowest BCUT2D eigenvalue weighted by atomic mass is 9.96. The number of amides is 1. The van der Waals surface area contributed by atoms with Crippen molar-refractivity contribution in [3.8, 4) is 5.75 Å². The van der Waals surface area contributed by atoms with Gasteiger partial charge in [-0.05, 0) is 47.9 Å². The fourth-order valence-electron chi connectivity index (χ4n) is 2.82. The minimum atomic E-state index is -0.110. The fourth-order valence-corrected chi connectivity index (χ4v) is 2.82. The van der Waals surface area contributed by atoms with Crippen molar-refractivity contribution in [2.45, 2.75) is 26.5 Å². The van der Waals surface area contributed by atoms with E-state index in [1.54, 1.807) is 42.9 Å². The number of imidazole rings is 1. The van der Waals surface area contributed by atoms with Crippen LogP contribution >= 0.6 is 0 Å². The molecule has 1 N–H and O–H groups in total. The Morgan fingerprint density at radius 2 is 1.81 bits per heavy atom. The highest BCUT2D eigenvalue weighted by atomic mass is 16.5. The second kappa shape index (κ2) is 8.49. The fraction of sp³-hybridized carbons (Fsp3) is 0.286. The number of nitrogens with one attached hydrogen (secondary N) is 1. The molecular weight excluding hydrogens is 340 g/mol. The lowest BCUT2D eigenvalue weighted by Gasteiger charge is -2.23. The summed E-state index contributed by atoms with van der Waals surface area (Å²) in [6, 6.07) is 10.9. The van der Waals surface area contributed by atoms with Gasteiger partial charge in [-0.1, -0.05) is 13.8 Å². The highest BCUT2D eigenvalue weighted by Crippen LogP contribution is 2.22. The highest BCUT2D eigenvalue weighted by Gasteiger charge is 2.19. The Balaban J connectivity index is 1.63. The quantitative estimate of drug-likeness (QED) is 0.696. The van der Waals surface area contributed by atoms with Crippen molar-refractivity contribution in [2.24, 2.45) is 13.0 Å². The smallest absolute Gasteiger partial charge is 0.251 e. The number of pyridine rings is 1. The number of ether oxygens (including phenoxy) is 1. The maximum Gasteiger partial charge on any atom is 0.251 e. The summed E-state index contributed by atoms with van der Waals surface area (Å²) in [6.07, 6.45) is 7.09. The lowest BCUT2D eigenvalue weighted by Crippen LogP contribution is -2.31. The second-order valence-electron chi connectivity index (χ2n) is 6.74. The van der Waals surface area contributed by atoms with Crippen LogP contribution in [0.3, 0.4) is 0 Å². The zero-order chi connectivity index (χ0) is 19.2. The Labute approximate surface area is 159 Å². The summed E-state index contributed by atoms with van der Waals surface area (Å²) in [4.78, 5) is 20.9.